The molecule has 0 fully saturated rings. The second kappa shape index (κ2) is 5.11. The Kier molecular flexibility index (Phi) is 3.55. The minimum Gasteiger partial charge on any atom is -0.262 e. The second-order valence-corrected chi connectivity index (χ2v) is 4.42. The van der Waals surface area contributed by atoms with Crippen LogP contribution in [0.1, 0.15) is 37.3 Å². The molecule has 1 aliphatic rings. The van der Waals surface area contributed by atoms with Crippen LogP contribution in [0.3, 0.4) is 0 Å². The molecule has 1 aromatic carbocycles. The molecule has 0 unspecified atom stereocenters. The lowest BCUT2D eigenvalue weighted by Crippen LogP contribution is -1.96. The van der Waals surface area contributed by atoms with Crippen molar-refractivity contribution in [1.29, 1.82) is 0 Å². The first-order valence-electron chi connectivity index (χ1n) is 6.09. The summed E-state index contributed by atoms with van der Waals surface area (Å²) in [7, 11) is 0. The van der Waals surface area contributed by atoms with Crippen molar-refractivity contribution in [2.24, 2.45) is 4.99 Å². The fourth-order valence-electron chi connectivity index (χ4n) is 1.95. The lowest BCUT2D eigenvalue weighted by Gasteiger charge is -2.02. The zero-order valence-corrected chi connectivity index (χ0v) is 10.2. The first-order valence-corrected chi connectivity index (χ1v) is 6.09. The Labute approximate surface area is 97.9 Å². The predicted octanol–water partition coefficient (Wildman–Crippen LogP) is 4.07. The number of nitrogens with zero attached hydrogens (tertiary/aromatic N) is 1. The van der Waals surface area contributed by atoms with Gasteiger partial charge in [0.1, 0.15) is 0 Å². The van der Waals surface area contributed by atoms with E-state index in [2.05, 4.69) is 49.2 Å². The predicted molar refractivity (Wildman–Crippen MR) is 69.9 cm³/mol. The van der Waals surface area contributed by atoms with Crippen LogP contribution in [0.25, 0.3) is 0 Å². The van der Waals surface area contributed by atoms with E-state index in [0.717, 1.165) is 25.7 Å². The number of aryl methyl sites for hydroxylation is 2. The molecule has 0 N–H and O–H groups in total. The molecule has 0 saturated heterocycles. The summed E-state index contributed by atoms with van der Waals surface area (Å²) in [6.45, 7) is 4.29. The molecule has 1 nitrogen and oxygen atoms in total. The molecule has 1 aliphatic heterocycles. The van der Waals surface area contributed by atoms with Crippen molar-refractivity contribution in [3.8, 4) is 0 Å². The van der Waals surface area contributed by atoms with Crippen molar-refractivity contribution in [1.82, 2.24) is 0 Å². The number of hydrogen-bond acceptors (Lipinski definition) is 1. The van der Waals surface area contributed by atoms with Gasteiger partial charge in [-0.15, -0.1) is 0 Å². The highest BCUT2D eigenvalue weighted by Gasteiger charge is 2.06. The summed E-state index contributed by atoms with van der Waals surface area (Å²) in [6, 6.07) is 8.81. The summed E-state index contributed by atoms with van der Waals surface area (Å²) < 4.78 is 0. The van der Waals surface area contributed by atoms with Gasteiger partial charge in [-0.2, -0.15) is 0 Å². The van der Waals surface area contributed by atoms with E-state index in [1.54, 1.807) is 0 Å². The fraction of sp³-hybridized carbons (Fsp3) is 0.400. The molecule has 0 saturated carbocycles. The normalized spacial score (nSPS) is 14.9. The van der Waals surface area contributed by atoms with Crippen molar-refractivity contribution in [3.05, 3.63) is 47.2 Å². The SMILES string of the molecule is CCC1=CCC(CCc2ccc(C)cc2)=N1. The third-order valence-electron chi connectivity index (χ3n) is 3.06. The van der Waals surface area contributed by atoms with Gasteiger partial charge in [0.15, 0.2) is 0 Å². The third kappa shape index (κ3) is 2.82. The Hall–Kier alpha value is -1.37. The van der Waals surface area contributed by atoms with E-state index in [1.165, 1.54) is 22.5 Å². The molecular formula is C15H19N. The number of benzene rings is 1. The van der Waals surface area contributed by atoms with Gasteiger partial charge in [-0.3, -0.25) is 4.99 Å². The van der Waals surface area contributed by atoms with Crippen LogP contribution in [0.4, 0.5) is 0 Å². The molecule has 0 atom stereocenters. The van der Waals surface area contributed by atoms with Crippen LogP contribution >= 0.6 is 0 Å². The molecule has 1 heteroatoms. The van der Waals surface area contributed by atoms with Crippen LogP contribution in [0.2, 0.25) is 0 Å². The lowest BCUT2D eigenvalue weighted by molar-refractivity contribution is 1.02. The molecule has 16 heavy (non-hydrogen) atoms. The molecule has 1 aromatic rings. The van der Waals surface area contributed by atoms with Gasteiger partial charge < -0.3 is 0 Å². The molecular weight excluding hydrogens is 194 g/mol. The molecule has 84 valence electrons. The lowest BCUT2D eigenvalue weighted by atomic mass is 10.0. The van der Waals surface area contributed by atoms with E-state index in [-0.39, 0.29) is 0 Å². The molecule has 0 spiro atoms. The maximum Gasteiger partial charge on any atom is 0.0364 e. The molecule has 2 rings (SSSR count). The first-order chi connectivity index (χ1) is 7.78. The van der Waals surface area contributed by atoms with Crippen LogP contribution in [-0.4, -0.2) is 5.71 Å². The van der Waals surface area contributed by atoms with E-state index in [9.17, 15) is 0 Å². The van der Waals surface area contributed by atoms with E-state index >= 15 is 0 Å². The topological polar surface area (TPSA) is 12.4 Å². The summed E-state index contributed by atoms with van der Waals surface area (Å²) in [6.07, 6.45) is 6.60. The summed E-state index contributed by atoms with van der Waals surface area (Å²) in [5.41, 5.74) is 5.35. The molecule has 0 amide bonds. The zero-order chi connectivity index (χ0) is 11.4. The minimum atomic E-state index is 1.06. The standard InChI is InChI=1S/C15H19N/c1-3-14-10-11-15(16-14)9-8-13-6-4-12(2)5-7-13/h4-7,10H,3,8-9,11H2,1-2H3. The third-order valence-corrected chi connectivity index (χ3v) is 3.06. The van der Waals surface area contributed by atoms with Crippen LogP contribution in [-0.2, 0) is 6.42 Å². The largest absolute Gasteiger partial charge is 0.262 e. The van der Waals surface area contributed by atoms with Crippen LogP contribution in [0, 0.1) is 6.92 Å². The number of rotatable bonds is 4. The van der Waals surface area contributed by atoms with Crippen molar-refractivity contribution in [2.45, 2.75) is 39.5 Å². The van der Waals surface area contributed by atoms with Gasteiger partial charge in [-0.05, 0) is 31.7 Å². The van der Waals surface area contributed by atoms with Crippen molar-refractivity contribution in [2.75, 3.05) is 0 Å². The number of allylic oxidation sites excluding steroid dienone is 2. The fourth-order valence-corrected chi connectivity index (χ4v) is 1.95. The van der Waals surface area contributed by atoms with Gasteiger partial charge in [-0.25, -0.2) is 0 Å². The number of hydrogen-bond donors (Lipinski definition) is 0. The highest BCUT2D eigenvalue weighted by Crippen LogP contribution is 2.16. The first kappa shape index (κ1) is 11.1. The van der Waals surface area contributed by atoms with Crippen LogP contribution in [0.5, 0.6) is 0 Å². The highest BCUT2D eigenvalue weighted by atomic mass is 14.8. The Morgan fingerprint density at radius 1 is 1.12 bits per heavy atom. The van der Waals surface area contributed by atoms with Gasteiger partial charge >= 0.3 is 0 Å². The van der Waals surface area contributed by atoms with Gasteiger partial charge in [-0.1, -0.05) is 42.8 Å². The van der Waals surface area contributed by atoms with Crippen molar-refractivity contribution in [3.63, 3.8) is 0 Å². The Balaban J connectivity index is 1.87. The van der Waals surface area contributed by atoms with Gasteiger partial charge in [0.25, 0.3) is 0 Å². The minimum absolute atomic E-state index is 1.06. The average Bonchev–Trinajstić information content (AvgIpc) is 2.76. The quantitative estimate of drug-likeness (QED) is 0.715. The summed E-state index contributed by atoms with van der Waals surface area (Å²) in [4.78, 5) is 4.62. The molecule has 1 heterocycles. The van der Waals surface area contributed by atoms with E-state index in [0.29, 0.717) is 0 Å². The molecule has 0 aliphatic carbocycles. The second-order valence-electron chi connectivity index (χ2n) is 4.42. The van der Waals surface area contributed by atoms with Gasteiger partial charge in [0.2, 0.25) is 0 Å². The molecule has 0 aromatic heterocycles. The van der Waals surface area contributed by atoms with Crippen LogP contribution in [0.15, 0.2) is 41.0 Å². The summed E-state index contributed by atoms with van der Waals surface area (Å²) in [5, 5.41) is 0. The zero-order valence-electron chi connectivity index (χ0n) is 10.2. The monoisotopic (exact) mass is 213 g/mol. The smallest absolute Gasteiger partial charge is 0.0364 e. The van der Waals surface area contributed by atoms with E-state index in [1.807, 2.05) is 0 Å². The number of aliphatic imine (C=N–C) groups is 1. The van der Waals surface area contributed by atoms with Crippen molar-refractivity contribution < 1.29 is 0 Å². The van der Waals surface area contributed by atoms with E-state index in [4.69, 9.17) is 0 Å². The van der Waals surface area contributed by atoms with Gasteiger partial charge in [0, 0.05) is 17.8 Å². The summed E-state index contributed by atoms with van der Waals surface area (Å²) >= 11 is 0. The van der Waals surface area contributed by atoms with Gasteiger partial charge in [0.05, 0.1) is 0 Å². The average molecular weight is 213 g/mol. The van der Waals surface area contributed by atoms with Crippen LogP contribution < -0.4 is 0 Å². The van der Waals surface area contributed by atoms with Crippen molar-refractivity contribution >= 4 is 5.71 Å². The molecule has 0 bridgehead atoms. The molecule has 0 radical (unpaired) electrons. The maximum absolute atomic E-state index is 4.62. The maximum atomic E-state index is 4.62. The Morgan fingerprint density at radius 3 is 2.50 bits per heavy atom. The Bertz CT molecular complexity index is 410. The Morgan fingerprint density at radius 2 is 1.88 bits per heavy atom. The summed E-state index contributed by atoms with van der Waals surface area (Å²) in [5.74, 6) is 0. The van der Waals surface area contributed by atoms with E-state index < -0.39 is 0 Å². The highest BCUT2D eigenvalue weighted by molar-refractivity contribution is 5.88.